The highest BCUT2D eigenvalue weighted by molar-refractivity contribution is 6.31. The monoisotopic (exact) mass is 252 g/mol. The molecule has 0 aromatic heterocycles. The van der Waals surface area contributed by atoms with E-state index in [9.17, 15) is 0 Å². The van der Waals surface area contributed by atoms with E-state index in [1.54, 1.807) is 0 Å². The summed E-state index contributed by atoms with van der Waals surface area (Å²) in [4.78, 5) is 2.40. The predicted molar refractivity (Wildman–Crippen MR) is 75.2 cm³/mol. The van der Waals surface area contributed by atoms with Crippen molar-refractivity contribution >= 4 is 17.3 Å². The third-order valence-electron chi connectivity index (χ3n) is 3.23. The van der Waals surface area contributed by atoms with Gasteiger partial charge in [0, 0.05) is 36.9 Å². The van der Waals surface area contributed by atoms with Gasteiger partial charge in [-0.25, -0.2) is 0 Å². The Morgan fingerprint density at radius 3 is 2.35 bits per heavy atom. The van der Waals surface area contributed by atoms with Crippen LogP contribution in [0.1, 0.15) is 26.3 Å². The van der Waals surface area contributed by atoms with Gasteiger partial charge in [-0.1, -0.05) is 32.4 Å². The molecule has 0 saturated carbocycles. The number of benzene rings is 1. The molecule has 0 atom stereocenters. The highest BCUT2D eigenvalue weighted by Gasteiger charge is 2.17. The molecule has 3 heteroatoms. The summed E-state index contributed by atoms with van der Waals surface area (Å²) in [6, 6.07) is 6.42. The van der Waals surface area contributed by atoms with Crippen molar-refractivity contribution in [3.8, 4) is 0 Å². The maximum Gasteiger partial charge on any atom is 0.0429 e. The molecule has 2 rings (SSSR count). The molecular formula is C14H21ClN2. The van der Waals surface area contributed by atoms with Crippen LogP contribution in [0.2, 0.25) is 5.02 Å². The number of nitrogens with zero attached hydrogens (tertiary/aromatic N) is 1. The Hall–Kier alpha value is -0.730. The van der Waals surface area contributed by atoms with Crippen molar-refractivity contribution in [2.75, 3.05) is 31.1 Å². The van der Waals surface area contributed by atoms with Crippen LogP contribution in [0.15, 0.2) is 18.2 Å². The number of hydrogen-bond donors (Lipinski definition) is 1. The molecule has 1 saturated heterocycles. The van der Waals surface area contributed by atoms with Crippen LogP contribution in [-0.2, 0) is 5.41 Å². The zero-order valence-corrected chi connectivity index (χ0v) is 11.6. The van der Waals surface area contributed by atoms with E-state index in [1.165, 1.54) is 11.3 Å². The van der Waals surface area contributed by atoms with Crippen LogP contribution < -0.4 is 10.2 Å². The van der Waals surface area contributed by atoms with Crippen molar-refractivity contribution in [1.82, 2.24) is 5.32 Å². The molecular weight excluding hydrogens is 232 g/mol. The second-order valence-electron chi connectivity index (χ2n) is 5.69. The Labute approximate surface area is 109 Å². The first kappa shape index (κ1) is 12.7. The molecule has 0 aliphatic carbocycles. The molecule has 17 heavy (non-hydrogen) atoms. The lowest BCUT2D eigenvalue weighted by atomic mass is 9.87. The standard InChI is InChI=1S/C14H21ClN2/c1-14(2,3)11-8-12(15)10-13(9-11)17-6-4-16-5-7-17/h8-10,16H,4-7H2,1-3H3. The van der Waals surface area contributed by atoms with E-state index >= 15 is 0 Å². The third-order valence-corrected chi connectivity index (χ3v) is 3.45. The lowest BCUT2D eigenvalue weighted by Gasteiger charge is -2.31. The highest BCUT2D eigenvalue weighted by Crippen LogP contribution is 2.30. The Morgan fingerprint density at radius 2 is 1.76 bits per heavy atom. The number of nitrogens with one attached hydrogen (secondary N) is 1. The molecule has 1 aromatic carbocycles. The van der Waals surface area contributed by atoms with Gasteiger partial charge in [0.15, 0.2) is 0 Å². The number of piperazine rings is 1. The van der Waals surface area contributed by atoms with Gasteiger partial charge in [0.1, 0.15) is 0 Å². The molecule has 1 heterocycles. The summed E-state index contributed by atoms with van der Waals surface area (Å²) in [5, 5.41) is 4.21. The van der Waals surface area contributed by atoms with Crippen LogP contribution in [0.25, 0.3) is 0 Å². The molecule has 0 amide bonds. The number of rotatable bonds is 1. The van der Waals surface area contributed by atoms with Gasteiger partial charge in [-0.2, -0.15) is 0 Å². The summed E-state index contributed by atoms with van der Waals surface area (Å²) >= 11 is 6.23. The topological polar surface area (TPSA) is 15.3 Å². The second-order valence-corrected chi connectivity index (χ2v) is 6.12. The predicted octanol–water partition coefficient (Wildman–Crippen LogP) is 3.05. The molecule has 1 aliphatic heterocycles. The largest absolute Gasteiger partial charge is 0.369 e. The maximum absolute atomic E-state index is 6.23. The molecule has 1 fully saturated rings. The Kier molecular flexibility index (Phi) is 3.64. The number of halogens is 1. The molecule has 0 spiro atoms. The van der Waals surface area contributed by atoms with Crippen molar-refractivity contribution < 1.29 is 0 Å². The summed E-state index contributed by atoms with van der Waals surface area (Å²) in [5.74, 6) is 0. The van der Waals surface area contributed by atoms with Crippen molar-refractivity contribution in [3.05, 3.63) is 28.8 Å². The van der Waals surface area contributed by atoms with Gasteiger partial charge in [-0.3, -0.25) is 0 Å². The van der Waals surface area contributed by atoms with Gasteiger partial charge in [0.05, 0.1) is 0 Å². The first-order chi connectivity index (χ1) is 7.97. The molecule has 1 N–H and O–H groups in total. The Morgan fingerprint density at radius 1 is 1.12 bits per heavy atom. The molecule has 1 aliphatic rings. The van der Waals surface area contributed by atoms with E-state index in [1.807, 2.05) is 0 Å². The van der Waals surface area contributed by atoms with E-state index in [0.29, 0.717) is 0 Å². The SMILES string of the molecule is CC(C)(C)c1cc(Cl)cc(N2CCNCC2)c1. The highest BCUT2D eigenvalue weighted by atomic mass is 35.5. The fourth-order valence-electron chi connectivity index (χ4n) is 2.11. The average Bonchev–Trinajstić information content (AvgIpc) is 2.28. The van der Waals surface area contributed by atoms with Gasteiger partial charge in [-0.05, 0) is 29.2 Å². The van der Waals surface area contributed by atoms with E-state index in [-0.39, 0.29) is 5.41 Å². The van der Waals surface area contributed by atoms with Crippen LogP contribution in [0, 0.1) is 0 Å². The number of hydrogen-bond acceptors (Lipinski definition) is 2. The van der Waals surface area contributed by atoms with E-state index < -0.39 is 0 Å². The fraction of sp³-hybridized carbons (Fsp3) is 0.571. The van der Waals surface area contributed by atoms with Gasteiger partial charge in [-0.15, -0.1) is 0 Å². The zero-order chi connectivity index (χ0) is 12.5. The van der Waals surface area contributed by atoms with Crippen LogP contribution in [0.4, 0.5) is 5.69 Å². The third kappa shape index (κ3) is 3.14. The molecule has 1 aromatic rings. The zero-order valence-electron chi connectivity index (χ0n) is 10.9. The van der Waals surface area contributed by atoms with Gasteiger partial charge < -0.3 is 10.2 Å². The molecule has 94 valence electrons. The van der Waals surface area contributed by atoms with Crippen molar-refractivity contribution in [1.29, 1.82) is 0 Å². The van der Waals surface area contributed by atoms with E-state index in [0.717, 1.165) is 31.2 Å². The maximum atomic E-state index is 6.23. The van der Waals surface area contributed by atoms with Crippen LogP contribution in [0.5, 0.6) is 0 Å². The average molecular weight is 253 g/mol. The lowest BCUT2D eigenvalue weighted by molar-refractivity contribution is 0.580. The molecule has 2 nitrogen and oxygen atoms in total. The summed E-state index contributed by atoms with van der Waals surface area (Å²) in [6.07, 6.45) is 0. The first-order valence-electron chi connectivity index (χ1n) is 6.23. The van der Waals surface area contributed by atoms with Crippen LogP contribution in [0.3, 0.4) is 0 Å². The van der Waals surface area contributed by atoms with E-state index in [4.69, 9.17) is 11.6 Å². The molecule has 0 unspecified atom stereocenters. The van der Waals surface area contributed by atoms with Gasteiger partial charge >= 0.3 is 0 Å². The van der Waals surface area contributed by atoms with E-state index in [2.05, 4.69) is 49.2 Å². The van der Waals surface area contributed by atoms with Gasteiger partial charge in [0.2, 0.25) is 0 Å². The minimum Gasteiger partial charge on any atom is -0.369 e. The summed E-state index contributed by atoms with van der Waals surface area (Å²) in [5.41, 5.74) is 2.70. The fourth-order valence-corrected chi connectivity index (χ4v) is 2.34. The summed E-state index contributed by atoms with van der Waals surface area (Å²) in [6.45, 7) is 10.9. The van der Waals surface area contributed by atoms with Crippen molar-refractivity contribution in [2.45, 2.75) is 26.2 Å². The Balaban J connectivity index is 2.31. The smallest absolute Gasteiger partial charge is 0.0429 e. The van der Waals surface area contributed by atoms with Crippen molar-refractivity contribution in [2.24, 2.45) is 0 Å². The van der Waals surface area contributed by atoms with Crippen LogP contribution in [-0.4, -0.2) is 26.2 Å². The van der Waals surface area contributed by atoms with Crippen molar-refractivity contribution in [3.63, 3.8) is 0 Å². The number of anilines is 1. The lowest BCUT2D eigenvalue weighted by Crippen LogP contribution is -2.43. The molecule has 0 radical (unpaired) electrons. The molecule has 0 bridgehead atoms. The van der Waals surface area contributed by atoms with Crippen LogP contribution >= 0.6 is 11.6 Å². The summed E-state index contributed by atoms with van der Waals surface area (Å²) < 4.78 is 0. The quantitative estimate of drug-likeness (QED) is 0.827. The minimum atomic E-state index is 0.147. The van der Waals surface area contributed by atoms with Gasteiger partial charge in [0.25, 0.3) is 0 Å². The second kappa shape index (κ2) is 4.87. The summed E-state index contributed by atoms with van der Waals surface area (Å²) in [7, 11) is 0. The normalized spacial score (nSPS) is 17.3. The first-order valence-corrected chi connectivity index (χ1v) is 6.61. The minimum absolute atomic E-state index is 0.147. The Bertz CT molecular complexity index is 390.